The van der Waals surface area contributed by atoms with Gasteiger partial charge in [-0.15, -0.1) is 0 Å². The molecule has 0 unspecified atom stereocenters. The minimum atomic E-state index is 0.105. The zero-order chi connectivity index (χ0) is 10.6. The Hall–Kier alpha value is -0.890. The molecule has 0 amide bonds. The molecule has 0 fully saturated rings. The molecule has 0 heterocycles. The molecule has 14 heavy (non-hydrogen) atoms. The highest BCUT2D eigenvalue weighted by molar-refractivity contribution is 14.1. The molecule has 0 saturated heterocycles. The van der Waals surface area contributed by atoms with Crippen molar-refractivity contribution in [2.24, 2.45) is 0 Å². The van der Waals surface area contributed by atoms with Gasteiger partial charge >= 0.3 is 0 Å². The van der Waals surface area contributed by atoms with Gasteiger partial charge in [-0.2, -0.15) is 5.26 Å². The molecule has 0 bridgehead atoms. The lowest BCUT2D eigenvalue weighted by atomic mass is 10.0. The van der Waals surface area contributed by atoms with Gasteiger partial charge in [0.2, 0.25) is 0 Å². The maximum atomic E-state index is 11.5. The van der Waals surface area contributed by atoms with E-state index in [2.05, 4.69) is 28.7 Å². The third-order valence-electron chi connectivity index (χ3n) is 1.96. The van der Waals surface area contributed by atoms with Crippen molar-refractivity contribution in [2.45, 2.75) is 19.8 Å². The van der Waals surface area contributed by atoms with Gasteiger partial charge in [-0.3, -0.25) is 4.79 Å². The van der Waals surface area contributed by atoms with Crippen LogP contribution in [0.1, 0.15) is 29.3 Å². The summed E-state index contributed by atoms with van der Waals surface area (Å²) in [6.45, 7) is 1.83. The van der Waals surface area contributed by atoms with Gasteiger partial charge in [0, 0.05) is 15.6 Å². The number of nitriles is 1. The van der Waals surface area contributed by atoms with Crippen LogP contribution in [0.25, 0.3) is 0 Å². The fourth-order valence-corrected chi connectivity index (χ4v) is 1.73. The molecule has 0 saturated carbocycles. The van der Waals surface area contributed by atoms with E-state index in [4.69, 9.17) is 5.26 Å². The quantitative estimate of drug-likeness (QED) is 0.636. The van der Waals surface area contributed by atoms with Crippen LogP contribution < -0.4 is 0 Å². The fourth-order valence-electron chi connectivity index (χ4n) is 1.24. The molecule has 0 aromatic heterocycles. The first-order valence-corrected chi connectivity index (χ1v) is 5.45. The summed E-state index contributed by atoms with van der Waals surface area (Å²) >= 11 is 2.17. The third kappa shape index (κ3) is 2.55. The molecule has 1 aromatic rings. The Balaban J connectivity index is 3.16. The lowest BCUT2D eigenvalue weighted by Crippen LogP contribution is -2.02. The number of carbonyl (C=O) groups is 1. The van der Waals surface area contributed by atoms with Gasteiger partial charge < -0.3 is 0 Å². The number of rotatable bonds is 3. The maximum absolute atomic E-state index is 11.5. The third-order valence-corrected chi connectivity index (χ3v) is 2.63. The van der Waals surface area contributed by atoms with E-state index in [9.17, 15) is 4.79 Å². The molecule has 0 aliphatic carbocycles. The van der Waals surface area contributed by atoms with E-state index in [0.717, 1.165) is 9.13 Å². The Bertz CT molecular complexity index is 393. The number of Topliss-reactive ketones (excluding diaryl/α,β-unsaturated/α-hetero) is 1. The van der Waals surface area contributed by atoms with Gasteiger partial charge in [0.1, 0.15) is 0 Å². The number of halogens is 1. The number of benzene rings is 1. The Morgan fingerprint density at radius 1 is 1.57 bits per heavy atom. The Morgan fingerprint density at radius 2 is 2.29 bits per heavy atom. The predicted octanol–water partition coefficient (Wildman–Crippen LogP) is 2.95. The molecule has 3 heteroatoms. The Morgan fingerprint density at radius 3 is 2.86 bits per heavy atom. The smallest absolute Gasteiger partial charge is 0.162 e. The second kappa shape index (κ2) is 5.11. The molecule has 0 N–H and O–H groups in total. The molecular formula is C11H10INO. The van der Waals surface area contributed by atoms with Crippen LogP contribution in [0.2, 0.25) is 0 Å². The first-order chi connectivity index (χ1) is 6.69. The molecule has 0 radical (unpaired) electrons. The lowest BCUT2D eigenvalue weighted by Gasteiger charge is -2.04. The van der Waals surface area contributed by atoms with Crippen molar-refractivity contribution in [3.63, 3.8) is 0 Å². The van der Waals surface area contributed by atoms with Crippen molar-refractivity contribution in [3.8, 4) is 6.07 Å². The first kappa shape index (κ1) is 11.2. The van der Waals surface area contributed by atoms with Gasteiger partial charge in [-0.25, -0.2) is 0 Å². The number of carbonyl (C=O) groups excluding carboxylic acids is 1. The maximum Gasteiger partial charge on any atom is 0.162 e. The van der Waals surface area contributed by atoms with Gasteiger partial charge in [0.05, 0.1) is 12.5 Å². The van der Waals surface area contributed by atoms with Crippen molar-refractivity contribution in [1.29, 1.82) is 5.26 Å². The van der Waals surface area contributed by atoms with Gasteiger partial charge in [0.15, 0.2) is 5.78 Å². The monoisotopic (exact) mass is 299 g/mol. The number of hydrogen-bond donors (Lipinski definition) is 0. The zero-order valence-electron chi connectivity index (χ0n) is 7.88. The SMILES string of the molecule is CCC(=O)c1cc(I)ccc1CC#N. The molecule has 0 spiro atoms. The van der Waals surface area contributed by atoms with E-state index in [0.29, 0.717) is 18.4 Å². The average Bonchev–Trinajstić information content (AvgIpc) is 2.20. The highest BCUT2D eigenvalue weighted by Crippen LogP contribution is 2.16. The van der Waals surface area contributed by atoms with E-state index < -0.39 is 0 Å². The first-order valence-electron chi connectivity index (χ1n) is 4.37. The summed E-state index contributed by atoms with van der Waals surface area (Å²) in [7, 11) is 0. The summed E-state index contributed by atoms with van der Waals surface area (Å²) in [4.78, 5) is 11.5. The highest BCUT2D eigenvalue weighted by atomic mass is 127. The summed E-state index contributed by atoms with van der Waals surface area (Å²) in [6, 6.07) is 7.69. The van der Waals surface area contributed by atoms with E-state index in [1.165, 1.54) is 0 Å². The zero-order valence-corrected chi connectivity index (χ0v) is 10.0. The van der Waals surface area contributed by atoms with Crippen LogP contribution >= 0.6 is 22.6 Å². The second-order valence-electron chi connectivity index (χ2n) is 2.91. The van der Waals surface area contributed by atoms with Crippen LogP contribution in [0.4, 0.5) is 0 Å². The average molecular weight is 299 g/mol. The molecule has 72 valence electrons. The van der Waals surface area contributed by atoms with Crippen LogP contribution in [-0.4, -0.2) is 5.78 Å². The summed E-state index contributed by atoms with van der Waals surface area (Å²) in [5, 5.41) is 8.60. The van der Waals surface area contributed by atoms with Crippen LogP contribution in [-0.2, 0) is 6.42 Å². The van der Waals surface area contributed by atoms with E-state index in [1.54, 1.807) is 0 Å². The van der Waals surface area contributed by atoms with Crippen LogP contribution in [0.15, 0.2) is 18.2 Å². The van der Waals surface area contributed by atoms with E-state index in [-0.39, 0.29) is 5.78 Å². The summed E-state index contributed by atoms with van der Waals surface area (Å²) < 4.78 is 1.03. The number of hydrogen-bond acceptors (Lipinski definition) is 2. The van der Waals surface area contributed by atoms with Crippen molar-refractivity contribution in [3.05, 3.63) is 32.9 Å². The van der Waals surface area contributed by atoms with Crippen molar-refractivity contribution >= 4 is 28.4 Å². The minimum Gasteiger partial charge on any atom is -0.294 e. The normalized spacial score (nSPS) is 9.50. The van der Waals surface area contributed by atoms with Gasteiger partial charge in [-0.05, 0) is 40.3 Å². The predicted molar refractivity (Wildman–Crippen MR) is 63.1 cm³/mol. The molecular weight excluding hydrogens is 289 g/mol. The minimum absolute atomic E-state index is 0.105. The molecule has 2 nitrogen and oxygen atoms in total. The van der Waals surface area contributed by atoms with Crippen molar-refractivity contribution in [2.75, 3.05) is 0 Å². The molecule has 1 aromatic carbocycles. The van der Waals surface area contributed by atoms with Crippen LogP contribution in [0, 0.1) is 14.9 Å². The summed E-state index contributed by atoms with van der Waals surface area (Å²) in [5.74, 6) is 0.105. The molecule has 1 rings (SSSR count). The molecule has 0 aliphatic heterocycles. The number of ketones is 1. The van der Waals surface area contributed by atoms with Crippen LogP contribution in [0.5, 0.6) is 0 Å². The summed E-state index contributed by atoms with van der Waals surface area (Å²) in [5.41, 5.74) is 1.53. The lowest BCUT2D eigenvalue weighted by molar-refractivity contribution is 0.0987. The highest BCUT2D eigenvalue weighted by Gasteiger charge is 2.09. The second-order valence-corrected chi connectivity index (χ2v) is 4.16. The Kier molecular flexibility index (Phi) is 4.08. The fraction of sp³-hybridized carbons (Fsp3) is 0.273. The van der Waals surface area contributed by atoms with E-state index in [1.807, 2.05) is 25.1 Å². The molecule has 0 atom stereocenters. The standard InChI is InChI=1S/C11H10INO/c1-2-11(14)10-7-9(12)4-3-8(10)5-6-13/h3-4,7H,2,5H2,1H3. The number of nitrogens with zero attached hydrogens (tertiary/aromatic N) is 1. The van der Waals surface area contributed by atoms with Gasteiger partial charge in [0.25, 0.3) is 0 Å². The van der Waals surface area contributed by atoms with Crippen LogP contribution in [0.3, 0.4) is 0 Å². The van der Waals surface area contributed by atoms with Gasteiger partial charge in [-0.1, -0.05) is 13.0 Å². The Labute approximate surface area is 97.1 Å². The van der Waals surface area contributed by atoms with Crippen molar-refractivity contribution < 1.29 is 4.79 Å². The van der Waals surface area contributed by atoms with E-state index >= 15 is 0 Å². The molecule has 0 aliphatic rings. The topological polar surface area (TPSA) is 40.9 Å². The largest absolute Gasteiger partial charge is 0.294 e. The summed E-state index contributed by atoms with van der Waals surface area (Å²) in [6.07, 6.45) is 0.788. The van der Waals surface area contributed by atoms with Crippen molar-refractivity contribution in [1.82, 2.24) is 0 Å².